The fourth-order valence-electron chi connectivity index (χ4n) is 5.49. The van der Waals surface area contributed by atoms with Gasteiger partial charge in [-0.2, -0.15) is 4.57 Å². The van der Waals surface area contributed by atoms with E-state index in [1.54, 1.807) is 0 Å². The second-order valence-corrected chi connectivity index (χ2v) is 10.9. The summed E-state index contributed by atoms with van der Waals surface area (Å²) in [6.07, 6.45) is 5.40. The first kappa shape index (κ1) is 22.0. The van der Waals surface area contributed by atoms with Gasteiger partial charge in [-0.25, -0.2) is 4.98 Å². The molecule has 0 bridgehead atoms. The number of rotatable bonds is 5. The highest BCUT2D eigenvalue weighted by atomic mass is 15.1. The van der Waals surface area contributed by atoms with Gasteiger partial charge in [-0.1, -0.05) is 79.7 Å². The Morgan fingerprint density at radius 3 is 2.32 bits per heavy atom. The van der Waals surface area contributed by atoms with E-state index in [2.05, 4.69) is 109 Å². The Hall–Kier alpha value is -2.22. The van der Waals surface area contributed by atoms with Gasteiger partial charge in [0.15, 0.2) is 5.54 Å². The number of aromatic nitrogens is 2. The van der Waals surface area contributed by atoms with Crippen molar-refractivity contribution in [1.29, 1.82) is 0 Å². The highest BCUT2D eigenvalue weighted by molar-refractivity contribution is 5.75. The van der Waals surface area contributed by atoms with Crippen molar-refractivity contribution < 1.29 is 4.57 Å². The zero-order valence-electron chi connectivity index (χ0n) is 20.7. The molecule has 0 aliphatic carbocycles. The minimum absolute atomic E-state index is 0.0479. The Balaban J connectivity index is 2.04. The van der Waals surface area contributed by atoms with Crippen molar-refractivity contribution >= 4 is 11.0 Å². The molecule has 1 aromatic heterocycles. The summed E-state index contributed by atoms with van der Waals surface area (Å²) in [5.74, 6) is 0.589. The lowest BCUT2D eigenvalue weighted by atomic mass is 9.59. The van der Waals surface area contributed by atoms with Gasteiger partial charge in [-0.15, -0.1) is 0 Å². The van der Waals surface area contributed by atoms with Crippen LogP contribution in [-0.4, -0.2) is 4.98 Å². The van der Waals surface area contributed by atoms with Gasteiger partial charge >= 0.3 is 0 Å². The van der Waals surface area contributed by atoms with Crippen LogP contribution in [0.5, 0.6) is 0 Å². The van der Waals surface area contributed by atoms with Crippen molar-refractivity contribution in [3.8, 4) is 11.3 Å². The molecule has 164 valence electrons. The molecule has 1 aliphatic rings. The first-order chi connectivity index (χ1) is 14.6. The third kappa shape index (κ3) is 3.13. The minimum Gasteiger partial charge on any atom is -0.243 e. The lowest BCUT2D eigenvalue weighted by Crippen LogP contribution is -2.60. The van der Waals surface area contributed by atoms with Gasteiger partial charge in [0.25, 0.3) is 0 Å². The lowest BCUT2D eigenvalue weighted by Gasteiger charge is -2.45. The number of fused-ring (bicyclic) bond motifs is 5. The van der Waals surface area contributed by atoms with Crippen LogP contribution in [0.15, 0.2) is 48.7 Å². The number of nitrogens with zero attached hydrogens (tertiary/aromatic N) is 2. The van der Waals surface area contributed by atoms with Crippen LogP contribution in [0.4, 0.5) is 0 Å². The van der Waals surface area contributed by atoms with Crippen LogP contribution in [0.25, 0.3) is 22.3 Å². The van der Waals surface area contributed by atoms with Crippen molar-refractivity contribution in [2.75, 3.05) is 0 Å². The predicted octanol–water partition coefficient (Wildman–Crippen LogP) is 7.22. The molecule has 0 N–H and O–H groups in total. The molecule has 0 fully saturated rings. The van der Waals surface area contributed by atoms with Crippen molar-refractivity contribution in [2.45, 2.75) is 85.6 Å². The standard InChI is InChI=1S/C29H39N2/c1-9-29(10-2)18-21-13-11-12-14-23(21)26-19-30-24-16-15-22(17-25(24)31(26)29)28(7,8)27(5,6)20(3)4/h11-17,19-20H,9-10,18H2,1-8H3/q+1. The maximum absolute atomic E-state index is 4.93. The topological polar surface area (TPSA) is 16.8 Å². The Bertz CT molecular complexity index is 1120. The molecule has 4 rings (SSSR count). The molecule has 0 saturated heterocycles. The van der Waals surface area contributed by atoms with Gasteiger partial charge in [0.05, 0.1) is 5.56 Å². The molecule has 2 nitrogen and oxygen atoms in total. The number of hydrogen-bond acceptors (Lipinski definition) is 1. The summed E-state index contributed by atoms with van der Waals surface area (Å²) in [4.78, 5) is 4.93. The average molecular weight is 416 g/mol. The Morgan fingerprint density at radius 1 is 1.00 bits per heavy atom. The first-order valence-electron chi connectivity index (χ1n) is 12.0. The van der Waals surface area contributed by atoms with Gasteiger partial charge < -0.3 is 0 Å². The van der Waals surface area contributed by atoms with E-state index in [1.165, 1.54) is 27.9 Å². The quantitative estimate of drug-likeness (QED) is 0.402. The smallest absolute Gasteiger partial charge is 0.232 e. The molecular weight excluding hydrogens is 376 g/mol. The van der Waals surface area contributed by atoms with E-state index in [-0.39, 0.29) is 16.4 Å². The molecule has 3 aromatic rings. The zero-order valence-corrected chi connectivity index (χ0v) is 20.7. The summed E-state index contributed by atoms with van der Waals surface area (Å²) in [5, 5.41) is 0. The average Bonchev–Trinajstić information content (AvgIpc) is 2.77. The molecule has 1 aliphatic heterocycles. The molecule has 2 heteroatoms. The van der Waals surface area contributed by atoms with Gasteiger partial charge in [0.2, 0.25) is 11.2 Å². The molecule has 31 heavy (non-hydrogen) atoms. The largest absolute Gasteiger partial charge is 0.243 e. The monoisotopic (exact) mass is 415 g/mol. The number of hydrogen-bond donors (Lipinski definition) is 0. The molecule has 0 amide bonds. The van der Waals surface area contributed by atoms with Crippen LogP contribution in [0, 0.1) is 11.3 Å². The van der Waals surface area contributed by atoms with Crippen LogP contribution in [0.3, 0.4) is 0 Å². The summed E-state index contributed by atoms with van der Waals surface area (Å²) in [6.45, 7) is 19.0. The van der Waals surface area contributed by atoms with Gasteiger partial charge in [0.1, 0.15) is 11.7 Å². The third-order valence-corrected chi connectivity index (χ3v) is 9.16. The normalized spacial score (nSPS) is 15.8. The lowest BCUT2D eigenvalue weighted by molar-refractivity contribution is -0.736. The summed E-state index contributed by atoms with van der Waals surface area (Å²) >= 11 is 0. The fraction of sp³-hybridized carbons (Fsp3) is 0.517. The van der Waals surface area contributed by atoms with Crippen LogP contribution < -0.4 is 4.57 Å². The van der Waals surface area contributed by atoms with Crippen molar-refractivity contribution in [2.24, 2.45) is 11.3 Å². The highest BCUT2D eigenvalue weighted by Crippen LogP contribution is 2.47. The van der Waals surface area contributed by atoms with Crippen molar-refractivity contribution in [3.05, 3.63) is 59.8 Å². The van der Waals surface area contributed by atoms with E-state index in [9.17, 15) is 0 Å². The van der Waals surface area contributed by atoms with Crippen LogP contribution >= 0.6 is 0 Å². The molecule has 0 spiro atoms. The third-order valence-electron chi connectivity index (χ3n) is 9.16. The molecule has 2 aromatic carbocycles. The second-order valence-electron chi connectivity index (χ2n) is 10.9. The van der Waals surface area contributed by atoms with Gasteiger partial charge in [-0.3, -0.25) is 0 Å². The molecule has 0 atom stereocenters. The maximum Gasteiger partial charge on any atom is 0.232 e. The van der Waals surface area contributed by atoms with Crippen LogP contribution in [0.1, 0.15) is 79.4 Å². The maximum atomic E-state index is 4.93. The Labute approximate surface area is 188 Å². The highest BCUT2D eigenvalue weighted by Gasteiger charge is 2.46. The van der Waals surface area contributed by atoms with Crippen LogP contribution in [-0.2, 0) is 17.4 Å². The number of benzene rings is 2. The Kier molecular flexibility index (Phi) is 5.27. The van der Waals surface area contributed by atoms with Crippen molar-refractivity contribution in [3.63, 3.8) is 0 Å². The molecule has 0 saturated carbocycles. The fourth-order valence-corrected chi connectivity index (χ4v) is 5.49. The summed E-state index contributed by atoms with van der Waals surface area (Å²) in [7, 11) is 0. The van der Waals surface area contributed by atoms with Gasteiger partial charge in [-0.05, 0) is 40.0 Å². The molecule has 2 heterocycles. The summed E-state index contributed by atoms with van der Waals surface area (Å²) in [5.41, 5.74) is 8.13. The van der Waals surface area contributed by atoms with E-state index in [4.69, 9.17) is 4.98 Å². The van der Waals surface area contributed by atoms with Gasteiger partial charge in [0, 0.05) is 25.3 Å². The van der Waals surface area contributed by atoms with E-state index in [0.29, 0.717) is 5.92 Å². The molecular formula is C29H39N2+. The zero-order chi connectivity index (χ0) is 22.6. The van der Waals surface area contributed by atoms with E-state index >= 15 is 0 Å². The summed E-state index contributed by atoms with van der Waals surface area (Å²) in [6, 6.07) is 15.9. The SMILES string of the molecule is CCC1(CC)Cc2ccccc2-c2cnc3ccc(C(C)(C)C(C)(C)C(C)C)cc3[n+]21. The van der Waals surface area contributed by atoms with E-state index < -0.39 is 0 Å². The predicted molar refractivity (Wildman–Crippen MR) is 131 cm³/mol. The molecule has 0 radical (unpaired) electrons. The second kappa shape index (κ2) is 7.43. The minimum atomic E-state index is 0.0479. The van der Waals surface area contributed by atoms with E-state index in [1.807, 2.05) is 0 Å². The Morgan fingerprint density at radius 2 is 1.68 bits per heavy atom. The summed E-state index contributed by atoms with van der Waals surface area (Å²) < 4.78 is 2.64. The first-order valence-corrected chi connectivity index (χ1v) is 12.0. The van der Waals surface area contributed by atoms with Crippen LogP contribution in [0.2, 0.25) is 0 Å². The molecule has 0 unspecified atom stereocenters. The van der Waals surface area contributed by atoms with Crippen molar-refractivity contribution in [1.82, 2.24) is 4.98 Å². The van der Waals surface area contributed by atoms with E-state index in [0.717, 1.165) is 24.8 Å².